The van der Waals surface area contributed by atoms with E-state index in [4.69, 9.17) is 0 Å². The second kappa shape index (κ2) is 6.10. The van der Waals surface area contributed by atoms with Gasteiger partial charge in [0.1, 0.15) is 0 Å². The summed E-state index contributed by atoms with van der Waals surface area (Å²) in [5.41, 5.74) is 0. The Morgan fingerprint density at radius 2 is 1.68 bits per heavy atom. The minimum Gasteiger partial charge on any atom is -0.371 e. The molecule has 0 aliphatic rings. The molecule has 0 heterocycles. The number of phosphoric acid groups is 1. The molecule has 0 aromatic heterocycles. The maximum absolute atomic E-state index is 12.1. The third-order valence-corrected chi connectivity index (χ3v) is 2.88. The van der Waals surface area contributed by atoms with Gasteiger partial charge in [0.15, 0.2) is 12.7 Å². The van der Waals surface area contributed by atoms with E-state index in [0.29, 0.717) is 13.8 Å². The highest BCUT2D eigenvalue weighted by Crippen LogP contribution is 2.53. The van der Waals surface area contributed by atoms with E-state index in [2.05, 4.69) is 13.6 Å². The average molecular weight is 318 g/mol. The first-order valence-corrected chi connectivity index (χ1v) is 5.98. The molecule has 0 amide bonds. The molecule has 2 unspecified atom stereocenters. The summed E-state index contributed by atoms with van der Waals surface area (Å²) >= 11 is 0. The van der Waals surface area contributed by atoms with E-state index in [0.717, 1.165) is 0 Å². The number of hydrogen-bond acceptors (Lipinski definition) is 5. The molecule has 0 rings (SSSR count). The zero-order chi connectivity index (χ0) is 15.5. The standard InChI is InChI=1S/C7H9F6O5P/c1-4(7(11,12)13)17-19(15,18-5(2)14)16-3-6(8,9)10/h4H,3H2,1-2H3. The van der Waals surface area contributed by atoms with Gasteiger partial charge < -0.3 is 4.52 Å². The van der Waals surface area contributed by atoms with E-state index in [1.165, 1.54) is 0 Å². The third-order valence-electron chi connectivity index (χ3n) is 1.37. The highest BCUT2D eigenvalue weighted by molar-refractivity contribution is 7.49. The van der Waals surface area contributed by atoms with Gasteiger partial charge in [-0.1, -0.05) is 0 Å². The smallest absolute Gasteiger partial charge is 0.371 e. The molecule has 0 radical (unpaired) electrons. The molecule has 0 saturated carbocycles. The Kier molecular flexibility index (Phi) is 5.84. The number of phosphoric ester groups is 1. The molecule has 0 aliphatic heterocycles. The topological polar surface area (TPSA) is 61.8 Å². The van der Waals surface area contributed by atoms with Crippen LogP contribution in [0.25, 0.3) is 0 Å². The summed E-state index contributed by atoms with van der Waals surface area (Å²) in [6.07, 6.45) is -12.7. The van der Waals surface area contributed by atoms with Gasteiger partial charge in [-0.05, 0) is 6.92 Å². The summed E-state index contributed by atoms with van der Waals surface area (Å²) in [5.74, 6) is -1.42. The maximum atomic E-state index is 12.1. The van der Waals surface area contributed by atoms with Crippen molar-refractivity contribution in [1.82, 2.24) is 0 Å². The molecule has 0 aromatic rings. The van der Waals surface area contributed by atoms with Crippen LogP contribution < -0.4 is 0 Å². The van der Waals surface area contributed by atoms with E-state index in [1.807, 2.05) is 0 Å². The van der Waals surface area contributed by atoms with Crippen LogP contribution in [0.4, 0.5) is 26.3 Å². The minimum absolute atomic E-state index is 0.368. The van der Waals surface area contributed by atoms with Crippen LogP contribution in [0.3, 0.4) is 0 Å². The zero-order valence-electron chi connectivity index (χ0n) is 9.54. The van der Waals surface area contributed by atoms with Crippen LogP contribution in [-0.2, 0) is 22.9 Å². The number of hydrogen-bond donors (Lipinski definition) is 0. The van der Waals surface area contributed by atoms with Gasteiger partial charge in [-0.25, -0.2) is 4.57 Å². The average Bonchev–Trinajstić information content (AvgIpc) is 2.10. The van der Waals surface area contributed by atoms with Crippen molar-refractivity contribution in [2.75, 3.05) is 6.61 Å². The van der Waals surface area contributed by atoms with Crippen molar-refractivity contribution in [3.63, 3.8) is 0 Å². The highest BCUT2D eigenvalue weighted by Gasteiger charge is 2.46. The summed E-state index contributed by atoms with van der Waals surface area (Å²) in [5, 5.41) is 0. The second-order valence-electron chi connectivity index (χ2n) is 3.21. The van der Waals surface area contributed by atoms with Crippen LogP contribution in [0.1, 0.15) is 13.8 Å². The molecule has 114 valence electrons. The van der Waals surface area contributed by atoms with E-state index in [-0.39, 0.29) is 0 Å². The first-order chi connectivity index (χ1) is 8.25. The van der Waals surface area contributed by atoms with Crippen LogP contribution in [0.2, 0.25) is 0 Å². The lowest BCUT2D eigenvalue weighted by molar-refractivity contribution is -0.199. The van der Waals surface area contributed by atoms with Crippen LogP contribution in [0.5, 0.6) is 0 Å². The molecule has 2 atom stereocenters. The number of alkyl halides is 6. The maximum Gasteiger partial charge on any atom is 0.533 e. The lowest BCUT2D eigenvalue weighted by Crippen LogP contribution is -2.29. The fraction of sp³-hybridized carbons (Fsp3) is 0.857. The Hall–Kier alpha value is -0.800. The Bertz CT molecular complexity index is 364. The second-order valence-corrected chi connectivity index (χ2v) is 4.75. The van der Waals surface area contributed by atoms with Crippen molar-refractivity contribution in [2.45, 2.75) is 32.3 Å². The minimum atomic E-state index is -5.31. The summed E-state index contributed by atoms with van der Waals surface area (Å²) < 4.78 is 94.5. The Balaban J connectivity index is 4.88. The molecule has 12 heteroatoms. The highest BCUT2D eigenvalue weighted by atomic mass is 31.2. The fourth-order valence-electron chi connectivity index (χ4n) is 0.641. The summed E-state index contributed by atoms with van der Waals surface area (Å²) in [6.45, 7) is -1.21. The van der Waals surface area contributed by atoms with Crippen LogP contribution in [0, 0.1) is 0 Å². The monoisotopic (exact) mass is 318 g/mol. The molecule has 0 aliphatic carbocycles. The summed E-state index contributed by atoms with van der Waals surface area (Å²) in [7, 11) is -5.31. The molecular formula is C7H9F6O5P. The molecule has 0 aromatic carbocycles. The van der Waals surface area contributed by atoms with Crippen LogP contribution >= 0.6 is 7.82 Å². The van der Waals surface area contributed by atoms with Gasteiger partial charge in [0, 0.05) is 6.92 Å². The molecule has 0 saturated heterocycles. The normalized spacial score (nSPS) is 17.7. The molecule has 0 spiro atoms. The van der Waals surface area contributed by atoms with Crippen molar-refractivity contribution in [3.05, 3.63) is 0 Å². The Labute approximate surface area is 103 Å². The SMILES string of the molecule is CC(=O)OP(=O)(OCC(F)(F)F)OC(C)C(F)(F)F. The van der Waals surface area contributed by atoms with Crippen molar-refractivity contribution >= 4 is 13.8 Å². The number of carbonyl (C=O) groups excluding carboxylic acids is 1. The van der Waals surface area contributed by atoms with E-state index in [1.54, 1.807) is 0 Å². The molecule has 0 bridgehead atoms. The predicted molar refractivity (Wildman–Crippen MR) is 48.0 cm³/mol. The first-order valence-electron chi connectivity index (χ1n) is 4.52. The van der Waals surface area contributed by atoms with Crippen molar-refractivity contribution in [1.29, 1.82) is 0 Å². The first kappa shape index (κ1) is 18.2. The number of halogens is 6. The van der Waals surface area contributed by atoms with Gasteiger partial charge in [0.25, 0.3) is 0 Å². The van der Waals surface area contributed by atoms with E-state index in [9.17, 15) is 35.7 Å². The largest absolute Gasteiger partial charge is 0.533 e. The van der Waals surface area contributed by atoms with Crippen molar-refractivity contribution < 1.29 is 49.3 Å². The van der Waals surface area contributed by atoms with Crippen molar-refractivity contribution in [3.8, 4) is 0 Å². The summed E-state index contributed by atoms with van der Waals surface area (Å²) in [4.78, 5) is 10.5. The Morgan fingerprint density at radius 3 is 2.00 bits per heavy atom. The molecular weight excluding hydrogens is 309 g/mol. The van der Waals surface area contributed by atoms with E-state index < -0.39 is 38.9 Å². The third kappa shape index (κ3) is 8.06. The predicted octanol–water partition coefficient (Wildman–Crippen LogP) is 3.20. The lowest BCUT2D eigenvalue weighted by Gasteiger charge is -2.22. The van der Waals surface area contributed by atoms with Gasteiger partial charge in [0.05, 0.1) is 0 Å². The zero-order valence-corrected chi connectivity index (χ0v) is 10.4. The van der Waals surface area contributed by atoms with Gasteiger partial charge in [-0.15, -0.1) is 0 Å². The molecule has 19 heavy (non-hydrogen) atoms. The van der Waals surface area contributed by atoms with Crippen molar-refractivity contribution in [2.24, 2.45) is 0 Å². The van der Waals surface area contributed by atoms with Gasteiger partial charge in [-0.2, -0.15) is 26.3 Å². The fourth-order valence-corrected chi connectivity index (χ4v) is 1.92. The quantitative estimate of drug-likeness (QED) is 0.575. The number of carbonyl (C=O) groups is 1. The van der Waals surface area contributed by atoms with E-state index >= 15 is 0 Å². The summed E-state index contributed by atoms with van der Waals surface area (Å²) in [6, 6.07) is 0. The van der Waals surface area contributed by atoms with Crippen LogP contribution in [-0.4, -0.2) is 31.0 Å². The molecule has 0 N–H and O–H groups in total. The molecule has 5 nitrogen and oxygen atoms in total. The lowest BCUT2D eigenvalue weighted by atomic mass is 10.4. The van der Waals surface area contributed by atoms with Gasteiger partial charge in [-0.3, -0.25) is 13.8 Å². The van der Waals surface area contributed by atoms with Gasteiger partial charge >= 0.3 is 26.1 Å². The molecule has 0 fully saturated rings. The van der Waals surface area contributed by atoms with Crippen LogP contribution in [0.15, 0.2) is 0 Å². The van der Waals surface area contributed by atoms with Gasteiger partial charge in [0.2, 0.25) is 0 Å². The Morgan fingerprint density at radius 1 is 1.21 bits per heavy atom. The number of rotatable bonds is 5.